The van der Waals surface area contributed by atoms with Crippen LogP contribution in [0.3, 0.4) is 0 Å². The van der Waals surface area contributed by atoms with E-state index in [9.17, 15) is 14.9 Å². The van der Waals surface area contributed by atoms with Gasteiger partial charge in [0.1, 0.15) is 5.82 Å². The molecule has 0 radical (unpaired) electrons. The summed E-state index contributed by atoms with van der Waals surface area (Å²) in [6, 6.07) is 8.59. The number of nitro benzene ring substituents is 1. The Balaban J connectivity index is 1.68. The fourth-order valence-electron chi connectivity index (χ4n) is 3.40. The number of rotatable bonds is 5. The van der Waals surface area contributed by atoms with Crippen LogP contribution in [0.4, 0.5) is 17.2 Å². The van der Waals surface area contributed by atoms with Gasteiger partial charge in [-0.15, -0.1) is 0 Å². The van der Waals surface area contributed by atoms with Crippen molar-refractivity contribution in [1.29, 1.82) is 0 Å². The maximum atomic E-state index is 11.8. The van der Waals surface area contributed by atoms with Crippen LogP contribution in [0.25, 0.3) is 0 Å². The van der Waals surface area contributed by atoms with Gasteiger partial charge in [-0.2, -0.15) is 0 Å². The zero-order valence-electron chi connectivity index (χ0n) is 16.1. The molecule has 0 N–H and O–H groups in total. The van der Waals surface area contributed by atoms with E-state index in [1.165, 1.54) is 0 Å². The van der Waals surface area contributed by atoms with Gasteiger partial charge in [0.2, 0.25) is 0 Å². The number of carbonyl (C=O) groups excluding carboxylic acids is 1. The largest absolute Gasteiger partial charge is 0.462 e. The second kappa shape index (κ2) is 8.69. The molecule has 8 heteroatoms. The van der Waals surface area contributed by atoms with Crippen molar-refractivity contribution in [1.82, 2.24) is 4.98 Å². The molecule has 3 rings (SSSR count). The number of hydrogen-bond acceptors (Lipinski definition) is 7. The summed E-state index contributed by atoms with van der Waals surface area (Å²) in [5.41, 5.74) is 2.49. The number of nitrogens with zero attached hydrogens (tertiary/aromatic N) is 4. The van der Waals surface area contributed by atoms with Crippen LogP contribution in [-0.2, 0) is 4.74 Å². The van der Waals surface area contributed by atoms with Crippen LogP contribution in [-0.4, -0.2) is 48.7 Å². The minimum absolute atomic E-state index is 0.114. The molecule has 1 aromatic heterocycles. The summed E-state index contributed by atoms with van der Waals surface area (Å²) in [7, 11) is 0. The van der Waals surface area contributed by atoms with Gasteiger partial charge in [0.25, 0.3) is 5.69 Å². The topological polar surface area (TPSA) is 88.8 Å². The van der Waals surface area contributed by atoms with Crippen LogP contribution in [0, 0.1) is 17.0 Å². The van der Waals surface area contributed by atoms with E-state index in [0.717, 1.165) is 49.7 Å². The molecule has 1 aromatic carbocycles. The van der Waals surface area contributed by atoms with Gasteiger partial charge in [0.15, 0.2) is 0 Å². The second-order valence-corrected chi connectivity index (χ2v) is 6.68. The monoisotopic (exact) mass is 384 g/mol. The number of aromatic nitrogens is 1. The molecular formula is C20H24N4O4. The van der Waals surface area contributed by atoms with Gasteiger partial charge in [-0.25, -0.2) is 9.78 Å². The van der Waals surface area contributed by atoms with Crippen molar-refractivity contribution in [3.63, 3.8) is 0 Å². The van der Waals surface area contributed by atoms with Crippen LogP contribution >= 0.6 is 0 Å². The van der Waals surface area contributed by atoms with E-state index in [2.05, 4.69) is 14.8 Å². The van der Waals surface area contributed by atoms with Gasteiger partial charge in [0.05, 0.1) is 17.1 Å². The van der Waals surface area contributed by atoms with E-state index < -0.39 is 0 Å². The lowest BCUT2D eigenvalue weighted by Crippen LogP contribution is -2.31. The number of aryl methyl sites for hydroxylation is 1. The summed E-state index contributed by atoms with van der Waals surface area (Å²) in [5, 5.41) is 10.9. The molecule has 8 nitrogen and oxygen atoms in total. The Hall–Kier alpha value is -3.16. The first-order valence-corrected chi connectivity index (χ1v) is 9.37. The maximum Gasteiger partial charge on any atom is 0.339 e. The Labute approximate surface area is 163 Å². The molecule has 0 saturated carbocycles. The summed E-state index contributed by atoms with van der Waals surface area (Å²) in [5.74, 6) is 0.465. The van der Waals surface area contributed by atoms with E-state index in [4.69, 9.17) is 4.74 Å². The predicted molar refractivity (Wildman–Crippen MR) is 107 cm³/mol. The van der Waals surface area contributed by atoms with Gasteiger partial charge in [0, 0.05) is 50.2 Å². The number of non-ortho nitro benzene ring substituents is 1. The number of nitro groups is 1. The number of pyridine rings is 1. The SMILES string of the molecule is CCOC(=O)c1ccc(N2CCCN(c3ccc([N+](=O)[O-])cc3C)CC2)nc1. The number of benzene rings is 1. The lowest BCUT2D eigenvalue weighted by atomic mass is 10.1. The Kier molecular flexibility index (Phi) is 6.08. The lowest BCUT2D eigenvalue weighted by molar-refractivity contribution is -0.384. The lowest BCUT2D eigenvalue weighted by Gasteiger charge is -2.25. The van der Waals surface area contributed by atoms with Crippen LogP contribution in [0.2, 0.25) is 0 Å². The molecule has 0 atom stereocenters. The quantitative estimate of drug-likeness (QED) is 0.444. The molecule has 0 amide bonds. The highest BCUT2D eigenvalue weighted by Gasteiger charge is 2.19. The van der Waals surface area contributed by atoms with Gasteiger partial charge in [-0.05, 0) is 44.0 Å². The van der Waals surface area contributed by atoms with E-state index in [1.807, 2.05) is 19.1 Å². The summed E-state index contributed by atoms with van der Waals surface area (Å²) in [6.07, 6.45) is 2.49. The molecule has 1 saturated heterocycles. The van der Waals surface area contributed by atoms with Gasteiger partial charge < -0.3 is 14.5 Å². The molecule has 0 aliphatic carbocycles. The van der Waals surface area contributed by atoms with Gasteiger partial charge in [-0.3, -0.25) is 10.1 Å². The van der Waals surface area contributed by atoms with Crippen LogP contribution < -0.4 is 9.80 Å². The minimum Gasteiger partial charge on any atom is -0.462 e. The van der Waals surface area contributed by atoms with Crippen molar-refractivity contribution in [2.75, 3.05) is 42.6 Å². The zero-order chi connectivity index (χ0) is 20.1. The normalized spacial score (nSPS) is 14.5. The van der Waals surface area contributed by atoms with E-state index in [0.29, 0.717) is 12.2 Å². The molecule has 148 valence electrons. The van der Waals surface area contributed by atoms with Crippen LogP contribution in [0.1, 0.15) is 29.3 Å². The van der Waals surface area contributed by atoms with E-state index in [1.54, 1.807) is 31.3 Å². The molecule has 1 aliphatic rings. The molecule has 0 spiro atoms. The summed E-state index contributed by atoms with van der Waals surface area (Å²) in [4.78, 5) is 31.2. The van der Waals surface area contributed by atoms with E-state index >= 15 is 0 Å². The van der Waals surface area contributed by atoms with Crippen molar-refractivity contribution < 1.29 is 14.5 Å². The summed E-state index contributed by atoms with van der Waals surface area (Å²) < 4.78 is 4.99. The number of anilines is 2. The molecule has 2 heterocycles. The number of carbonyl (C=O) groups is 1. The van der Waals surface area contributed by atoms with Crippen LogP contribution in [0.5, 0.6) is 0 Å². The Morgan fingerprint density at radius 1 is 1.18 bits per heavy atom. The Morgan fingerprint density at radius 2 is 1.93 bits per heavy atom. The summed E-state index contributed by atoms with van der Waals surface area (Å²) >= 11 is 0. The molecule has 1 fully saturated rings. The molecule has 1 aliphatic heterocycles. The average molecular weight is 384 g/mol. The van der Waals surface area contributed by atoms with Crippen molar-refractivity contribution in [3.8, 4) is 0 Å². The molecule has 0 bridgehead atoms. The molecule has 28 heavy (non-hydrogen) atoms. The third kappa shape index (κ3) is 4.39. The molecule has 0 unspecified atom stereocenters. The van der Waals surface area contributed by atoms with Crippen LogP contribution in [0.15, 0.2) is 36.5 Å². The molecular weight excluding hydrogens is 360 g/mol. The van der Waals surface area contributed by atoms with Crippen molar-refractivity contribution in [2.24, 2.45) is 0 Å². The highest BCUT2D eigenvalue weighted by molar-refractivity contribution is 5.89. The van der Waals surface area contributed by atoms with Crippen molar-refractivity contribution >= 4 is 23.2 Å². The number of hydrogen-bond donors (Lipinski definition) is 0. The minimum atomic E-state index is -0.368. The number of esters is 1. The van der Waals surface area contributed by atoms with Crippen molar-refractivity contribution in [3.05, 3.63) is 57.8 Å². The Bertz CT molecular complexity index is 854. The zero-order valence-corrected chi connectivity index (χ0v) is 16.1. The third-order valence-corrected chi connectivity index (χ3v) is 4.81. The Morgan fingerprint density at radius 3 is 2.57 bits per heavy atom. The average Bonchev–Trinajstić information content (AvgIpc) is 2.94. The fraction of sp³-hybridized carbons (Fsp3) is 0.400. The highest BCUT2D eigenvalue weighted by Crippen LogP contribution is 2.26. The second-order valence-electron chi connectivity index (χ2n) is 6.68. The first-order chi connectivity index (χ1) is 13.5. The maximum absolute atomic E-state index is 11.8. The third-order valence-electron chi connectivity index (χ3n) is 4.81. The van der Waals surface area contributed by atoms with Crippen molar-refractivity contribution in [2.45, 2.75) is 20.3 Å². The smallest absolute Gasteiger partial charge is 0.339 e. The molecule has 2 aromatic rings. The standard InChI is InChI=1S/C20H24N4O4/c1-3-28-20(25)16-5-8-19(21-14-16)23-10-4-9-22(11-12-23)18-7-6-17(24(26)27)13-15(18)2/h5-8,13-14H,3-4,9-12H2,1-2H3. The highest BCUT2D eigenvalue weighted by atomic mass is 16.6. The van der Waals surface area contributed by atoms with E-state index in [-0.39, 0.29) is 16.6 Å². The van der Waals surface area contributed by atoms with Gasteiger partial charge in [-0.1, -0.05) is 0 Å². The fourth-order valence-corrected chi connectivity index (χ4v) is 3.40. The first-order valence-electron chi connectivity index (χ1n) is 9.37. The summed E-state index contributed by atoms with van der Waals surface area (Å²) in [6.45, 7) is 7.31. The van der Waals surface area contributed by atoms with Gasteiger partial charge >= 0.3 is 5.97 Å². The first kappa shape index (κ1) is 19.6. The number of ether oxygens (including phenoxy) is 1. The predicted octanol–water partition coefficient (Wildman–Crippen LogP) is 3.19.